The van der Waals surface area contributed by atoms with Gasteiger partial charge in [0.1, 0.15) is 0 Å². The topological polar surface area (TPSA) is 50.4 Å². The van der Waals surface area contributed by atoms with Gasteiger partial charge in [-0.15, -0.1) is 0 Å². The summed E-state index contributed by atoms with van der Waals surface area (Å²) in [5.74, 6) is 0.0647. The maximum absolute atomic E-state index is 11.9. The number of carbonyl (C=O) groups excluding carboxylic acids is 1. The highest BCUT2D eigenvalue weighted by atomic mass is 16.5. The van der Waals surface area contributed by atoms with Crippen LogP contribution in [-0.2, 0) is 9.53 Å². The van der Waals surface area contributed by atoms with Crippen LogP contribution in [0.2, 0.25) is 0 Å². The summed E-state index contributed by atoms with van der Waals surface area (Å²) in [5, 5.41) is 6.27. The van der Waals surface area contributed by atoms with Crippen molar-refractivity contribution < 1.29 is 9.53 Å². The highest BCUT2D eigenvalue weighted by molar-refractivity contribution is 5.81. The lowest BCUT2D eigenvalue weighted by atomic mass is 10.0. The number of rotatable bonds is 6. The number of nitrogens with one attached hydrogen (secondary N) is 2. The first-order valence-electron chi connectivity index (χ1n) is 6.61. The van der Waals surface area contributed by atoms with Crippen LogP contribution in [0.15, 0.2) is 0 Å². The molecule has 0 aromatic carbocycles. The van der Waals surface area contributed by atoms with E-state index in [-0.39, 0.29) is 23.6 Å². The molecule has 17 heavy (non-hydrogen) atoms. The molecule has 1 saturated heterocycles. The van der Waals surface area contributed by atoms with Gasteiger partial charge in [-0.2, -0.15) is 0 Å². The van der Waals surface area contributed by atoms with Crippen LogP contribution in [0, 0.1) is 0 Å². The van der Waals surface area contributed by atoms with Crippen molar-refractivity contribution in [1.29, 1.82) is 0 Å². The summed E-state index contributed by atoms with van der Waals surface area (Å²) < 4.78 is 5.51. The van der Waals surface area contributed by atoms with Gasteiger partial charge in [0.2, 0.25) is 5.91 Å². The summed E-state index contributed by atoms with van der Waals surface area (Å²) in [6.45, 7) is 9.67. The van der Waals surface area contributed by atoms with Gasteiger partial charge in [0, 0.05) is 18.7 Å². The van der Waals surface area contributed by atoms with Gasteiger partial charge in [-0.25, -0.2) is 0 Å². The summed E-state index contributed by atoms with van der Waals surface area (Å²) >= 11 is 0. The summed E-state index contributed by atoms with van der Waals surface area (Å²) in [4.78, 5) is 11.9. The fourth-order valence-corrected chi connectivity index (χ4v) is 1.74. The van der Waals surface area contributed by atoms with E-state index in [2.05, 4.69) is 17.6 Å². The van der Waals surface area contributed by atoms with Crippen molar-refractivity contribution in [2.45, 2.75) is 64.6 Å². The number of ether oxygens (including phenoxy) is 1. The van der Waals surface area contributed by atoms with E-state index < -0.39 is 0 Å². The highest BCUT2D eigenvalue weighted by Crippen LogP contribution is 2.11. The Morgan fingerprint density at radius 1 is 1.53 bits per heavy atom. The number of hydrogen-bond acceptors (Lipinski definition) is 3. The van der Waals surface area contributed by atoms with Crippen LogP contribution in [-0.4, -0.2) is 36.7 Å². The molecular weight excluding hydrogens is 216 g/mol. The van der Waals surface area contributed by atoms with Crippen LogP contribution in [0.3, 0.4) is 0 Å². The SMILES string of the molecule is CCC(C)(C)NC(=O)C(C)NCC1CCCO1. The molecule has 1 aliphatic rings. The van der Waals surface area contributed by atoms with Crippen molar-refractivity contribution in [1.82, 2.24) is 10.6 Å². The monoisotopic (exact) mass is 242 g/mol. The second-order valence-electron chi connectivity index (χ2n) is 5.49. The molecule has 2 unspecified atom stereocenters. The zero-order valence-electron chi connectivity index (χ0n) is 11.5. The van der Waals surface area contributed by atoms with Crippen LogP contribution in [0.1, 0.15) is 47.0 Å². The van der Waals surface area contributed by atoms with Crippen LogP contribution in [0.4, 0.5) is 0 Å². The van der Waals surface area contributed by atoms with Gasteiger partial charge in [0.25, 0.3) is 0 Å². The van der Waals surface area contributed by atoms with E-state index in [4.69, 9.17) is 4.74 Å². The molecule has 4 nitrogen and oxygen atoms in total. The first-order chi connectivity index (χ1) is 7.94. The molecule has 1 heterocycles. The third kappa shape index (κ3) is 5.04. The predicted octanol–water partition coefficient (Wildman–Crippen LogP) is 1.45. The molecule has 100 valence electrons. The molecule has 0 radical (unpaired) electrons. The Hall–Kier alpha value is -0.610. The van der Waals surface area contributed by atoms with Gasteiger partial charge in [0.15, 0.2) is 0 Å². The predicted molar refractivity (Wildman–Crippen MR) is 69.0 cm³/mol. The van der Waals surface area contributed by atoms with Gasteiger partial charge in [-0.05, 0) is 40.0 Å². The maximum Gasteiger partial charge on any atom is 0.237 e. The highest BCUT2D eigenvalue weighted by Gasteiger charge is 2.23. The molecule has 2 N–H and O–H groups in total. The van der Waals surface area contributed by atoms with Gasteiger partial charge in [-0.1, -0.05) is 6.92 Å². The lowest BCUT2D eigenvalue weighted by Gasteiger charge is -2.27. The van der Waals surface area contributed by atoms with Crippen molar-refractivity contribution in [3.8, 4) is 0 Å². The standard InChI is InChI=1S/C13H26N2O2/c1-5-13(3,4)15-12(16)10(2)14-9-11-7-6-8-17-11/h10-11,14H,5-9H2,1-4H3,(H,15,16). The number of carbonyl (C=O) groups is 1. The lowest BCUT2D eigenvalue weighted by Crippen LogP contribution is -2.51. The van der Waals surface area contributed by atoms with E-state index in [1.54, 1.807) is 0 Å². The minimum atomic E-state index is -0.162. The first kappa shape index (κ1) is 14.5. The average molecular weight is 242 g/mol. The number of hydrogen-bond donors (Lipinski definition) is 2. The Labute approximate surface area is 104 Å². The minimum absolute atomic E-state index is 0.0647. The molecule has 4 heteroatoms. The van der Waals surface area contributed by atoms with E-state index >= 15 is 0 Å². The third-order valence-corrected chi connectivity index (χ3v) is 3.41. The van der Waals surface area contributed by atoms with Gasteiger partial charge in [0.05, 0.1) is 12.1 Å². The quantitative estimate of drug-likeness (QED) is 0.741. The molecule has 0 aromatic heterocycles. The summed E-state index contributed by atoms with van der Waals surface area (Å²) in [6.07, 6.45) is 3.44. The van der Waals surface area contributed by atoms with Crippen molar-refractivity contribution in [3.05, 3.63) is 0 Å². The largest absolute Gasteiger partial charge is 0.377 e. The first-order valence-corrected chi connectivity index (χ1v) is 6.61. The van der Waals surface area contributed by atoms with E-state index in [9.17, 15) is 4.79 Å². The van der Waals surface area contributed by atoms with Crippen molar-refractivity contribution in [3.63, 3.8) is 0 Å². The average Bonchev–Trinajstić information content (AvgIpc) is 2.78. The normalized spacial score (nSPS) is 22.5. The summed E-state index contributed by atoms with van der Waals surface area (Å²) in [6, 6.07) is -0.162. The Bertz CT molecular complexity index is 248. The van der Waals surface area contributed by atoms with Crippen LogP contribution in [0.5, 0.6) is 0 Å². The van der Waals surface area contributed by atoms with Crippen LogP contribution < -0.4 is 10.6 Å². The van der Waals surface area contributed by atoms with Crippen molar-refractivity contribution in [2.75, 3.05) is 13.2 Å². The molecule has 0 saturated carbocycles. The lowest BCUT2D eigenvalue weighted by molar-refractivity contribution is -0.124. The second kappa shape index (κ2) is 6.36. The van der Waals surface area contributed by atoms with Crippen LogP contribution >= 0.6 is 0 Å². The molecule has 1 fully saturated rings. The smallest absolute Gasteiger partial charge is 0.237 e. The van der Waals surface area contributed by atoms with Crippen molar-refractivity contribution in [2.24, 2.45) is 0 Å². The fraction of sp³-hybridized carbons (Fsp3) is 0.923. The van der Waals surface area contributed by atoms with Gasteiger partial charge in [-0.3, -0.25) is 4.79 Å². The number of amides is 1. The van der Waals surface area contributed by atoms with Crippen molar-refractivity contribution >= 4 is 5.91 Å². The second-order valence-corrected chi connectivity index (χ2v) is 5.49. The molecule has 0 spiro atoms. The van der Waals surface area contributed by atoms with Gasteiger partial charge < -0.3 is 15.4 Å². The summed E-state index contributed by atoms with van der Waals surface area (Å²) in [5.41, 5.74) is -0.128. The molecular formula is C13H26N2O2. The van der Waals surface area contributed by atoms with E-state index in [1.807, 2.05) is 20.8 Å². The fourth-order valence-electron chi connectivity index (χ4n) is 1.74. The summed E-state index contributed by atoms with van der Waals surface area (Å²) in [7, 11) is 0. The molecule has 2 atom stereocenters. The molecule has 1 aliphatic heterocycles. The molecule has 0 aromatic rings. The van der Waals surface area contributed by atoms with Crippen LogP contribution in [0.25, 0.3) is 0 Å². The van der Waals surface area contributed by atoms with E-state index in [1.165, 1.54) is 0 Å². The third-order valence-electron chi connectivity index (χ3n) is 3.41. The molecule has 0 bridgehead atoms. The maximum atomic E-state index is 11.9. The van der Waals surface area contributed by atoms with E-state index in [0.717, 1.165) is 32.4 Å². The Morgan fingerprint density at radius 3 is 2.76 bits per heavy atom. The Kier molecular flexibility index (Phi) is 5.40. The van der Waals surface area contributed by atoms with Gasteiger partial charge >= 0.3 is 0 Å². The zero-order valence-corrected chi connectivity index (χ0v) is 11.5. The van der Waals surface area contributed by atoms with E-state index in [0.29, 0.717) is 0 Å². The Morgan fingerprint density at radius 2 is 2.24 bits per heavy atom. The zero-order chi connectivity index (χ0) is 12.9. The molecule has 0 aliphatic carbocycles. The minimum Gasteiger partial charge on any atom is -0.377 e. The molecule has 1 amide bonds. The molecule has 1 rings (SSSR count). The Balaban J connectivity index is 2.26.